The first-order valence-corrected chi connectivity index (χ1v) is 8.46. The average Bonchev–Trinajstić information content (AvgIpc) is 2.54. The average molecular weight is 319 g/mol. The molecule has 2 rings (SSSR count). The van der Waals surface area contributed by atoms with Crippen molar-refractivity contribution in [2.24, 2.45) is 0 Å². The molecule has 22 heavy (non-hydrogen) atoms. The Hall–Kier alpha value is -1.93. The van der Waals surface area contributed by atoms with E-state index in [2.05, 4.69) is 0 Å². The monoisotopic (exact) mass is 319 g/mol. The summed E-state index contributed by atoms with van der Waals surface area (Å²) in [5.74, 6) is 1.49. The van der Waals surface area contributed by atoms with Gasteiger partial charge in [0.05, 0.1) is 7.11 Å². The summed E-state index contributed by atoms with van der Waals surface area (Å²) in [6, 6.07) is 16.9. The molecule has 0 fully saturated rings. The highest BCUT2D eigenvalue weighted by molar-refractivity contribution is 7.48. The number of hydrogen-bond donors (Lipinski definition) is 0. The SMILES string of the molecule is COc1ccc(N(C)[PH](=O)C(C)(C)Oc2ccccc2)cc1. The Morgan fingerprint density at radius 1 is 0.955 bits per heavy atom. The molecule has 1 atom stereocenters. The highest BCUT2D eigenvalue weighted by Crippen LogP contribution is 2.45. The fourth-order valence-corrected chi connectivity index (χ4v) is 3.55. The molecule has 0 amide bonds. The van der Waals surface area contributed by atoms with Crippen LogP contribution >= 0.6 is 7.95 Å². The summed E-state index contributed by atoms with van der Waals surface area (Å²) in [5, 5.41) is -0.777. The number of nitrogens with zero attached hydrogens (tertiary/aromatic N) is 1. The van der Waals surface area contributed by atoms with Gasteiger partial charge in [-0.25, -0.2) is 0 Å². The van der Waals surface area contributed by atoms with Crippen molar-refractivity contribution in [3.63, 3.8) is 0 Å². The predicted molar refractivity (Wildman–Crippen MR) is 91.5 cm³/mol. The van der Waals surface area contributed by atoms with Gasteiger partial charge in [0.2, 0.25) is 7.95 Å². The lowest BCUT2D eigenvalue weighted by atomic mass is 10.3. The van der Waals surface area contributed by atoms with Crippen LogP contribution in [0.2, 0.25) is 0 Å². The van der Waals surface area contributed by atoms with E-state index in [-0.39, 0.29) is 0 Å². The highest BCUT2D eigenvalue weighted by atomic mass is 31.1. The molecule has 0 heterocycles. The lowest BCUT2D eigenvalue weighted by Crippen LogP contribution is -2.29. The Morgan fingerprint density at radius 3 is 2.09 bits per heavy atom. The van der Waals surface area contributed by atoms with Crippen molar-refractivity contribution in [1.82, 2.24) is 0 Å². The zero-order valence-electron chi connectivity index (χ0n) is 13.4. The second kappa shape index (κ2) is 6.89. The molecule has 5 heteroatoms. The Bertz CT molecular complexity index is 626. The summed E-state index contributed by atoms with van der Waals surface area (Å²) >= 11 is 0. The topological polar surface area (TPSA) is 38.8 Å². The molecule has 118 valence electrons. The highest BCUT2D eigenvalue weighted by Gasteiger charge is 2.31. The summed E-state index contributed by atoms with van der Waals surface area (Å²) in [6.45, 7) is 3.70. The molecule has 0 aliphatic carbocycles. The van der Waals surface area contributed by atoms with Crippen LogP contribution in [0.4, 0.5) is 5.69 Å². The van der Waals surface area contributed by atoms with E-state index in [1.165, 1.54) is 0 Å². The molecule has 0 spiro atoms. The fourth-order valence-electron chi connectivity index (χ4n) is 2.15. The lowest BCUT2D eigenvalue weighted by Gasteiger charge is -2.31. The Kier molecular flexibility index (Phi) is 5.15. The fraction of sp³-hybridized carbons (Fsp3) is 0.294. The van der Waals surface area contributed by atoms with Crippen molar-refractivity contribution >= 4 is 13.6 Å². The van der Waals surface area contributed by atoms with Crippen LogP contribution in [0.3, 0.4) is 0 Å². The molecule has 0 radical (unpaired) electrons. The first-order valence-electron chi connectivity index (χ1n) is 7.10. The maximum Gasteiger partial charge on any atom is 0.202 e. The van der Waals surface area contributed by atoms with Crippen molar-refractivity contribution in [2.75, 3.05) is 18.8 Å². The van der Waals surface area contributed by atoms with Gasteiger partial charge >= 0.3 is 0 Å². The van der Waals surface area contributed by atoms with E-state index < -0.39 is 13.3 Å². The molecule has 0 saturated carbocycles. The molecule has 0 aromatic heterocycles. The molecular weight excluding hydrogens is 297 g/mol. The third kappa shape index (κ3) is 3.83. The van der Waals surface area contributed by atoms with Crippen molar-refractivity contribution in [3.05, 3.63) is 54.6 Å². The minimum Gasteiger partial charge on any atom is -0.497 e. The maximum absolute atomic E-state index is 12.9. The van der Waals surface area contributed by atoms with Gasteiger partial charge in [-0.15, -0.1) is 0 Å². The number of para-hydroxylation sites is 1. The van der Waals surface area contributed by atoms with E-state index >= 15 is 0 Å². The van der Waals surface area contributed by atoms with Gasteiger partial charge in [-0.2, -0.15) is 0 Å². The molecule has 0 N–H and O–H groups in total. The number of methoxy groups -OCH3 is 1. The van der Waals surface area contributed by atoms with Crippen molar-refractivity contribution < 1.29 is 14.0 Å². The van der Waals surface area contributed by atoms with Crippen LogP contribution < -0.4 is 14.1 Å². The molecule has 1 unspecified atom stereocenters. The number of ether oxygens (including phenoxy) is 2. The van der Waals surface area contributed by atoms with E-state index in [9.17, 15) is 4.57 Å². The van der Waals surface area contributed by atoms with Crippen molar-refractivity contribution in [2.45, 2.75) is 19.2 Å². The molecule has 2 aromatic rings. The largest absolute Gasteiger partial charge is 0.497 e. The van der Waals surface area contributed by atoms with Crippen LogP contribution in [-0.4, -0.2) is 19.5 Å². The van der Waals surface area contributed by atoms with Crippen LogP contribution in [-0.2, 0) is 4.57 Å². The van der Waals surface area contributed by atoms with E-state index in [0.717, 1.165) is 11.4 Å². The van der Waals surface area contributed by atoms with E-state index in [0.29, 0.717) is 5.75 Å². The number of rotatable bonds is 6. The second-order valence-corrected chi connectivity index (χ2v) is 7.97. The van der Waals surface area contributed by atoms with Crippen LogP contribution in [0.5, 0.6) is 11.5 Å². The summed E-state index contributed by atoms with van der Waals surface area (Å²) in [6.07, 6.45) is 0. The lowest BCUT2D eigenvalue weighted by molar-refractivity contribution is 0.195. The molecule has 4 nitrogen and oxygen atoms in total. The molecular formula is C17H22NO3P. The van der Waals surface area contributed by atoms with Gasteiger partial charge < -0.3 is 14.1 Å². The van der Waals surface area contributed by atoms with Gasteiger partial charge in [-0.3, -0.25) is 4.57 Å². The minimum atomic E-state index is -2.19. The van der Waals surface area contributed by atoms with Gasteiger partial charge in [0.15, 0.2) is 5.34 Å². The summed E-state index contributed by atoms with van der Waals surface area (Å²) in [4.78, 5) is 0. The third-order valence-corrected chi connectivity index (χ3v) is 5.40. The standard InChI is InChI=1S/C17H22NO3P/c1-17(2,21-16-8-6-5-7-9-16)22(19)18(3)14-10-12-15(20-4)13-11-14/h5-13,22H,1-4H3. The van der Waals surface area contributed by atoms with Crippen LogP contribution in [0.1, 0.15) is 13.8 Å². The zero-order chi connectivity index (χ0) is 16.2. The van der Waals surface area contributed by atoms with Crippen LogP contribution in [0, 0.1) is 0 Å². The predicted octanol–water partition coefficient (Wildman–Crippen LogP) is 4.42. The van der Waals surface area contributed by atoms with Gasteiger partial charge in [0.1, 0.15) is 11.5 Å². The Balaban J connectivity index is 2.14. The van der Waals surface area contributed by atoms with E-state index in [1.807, 2.05) is 75.5 Å². The molecule has 0 bridgehead atoms. The summed E-state index contributed by atoms with van der Waals surface area (Å²) in [5.41, 5.74) is 0.870. The first-order chi connectivity index (χ1) is 10.4. The van der Waals surface area contributed by atoms with Crippen molar-refractivity contribution in [3.8, 4) is 11.5 Å². The Morgan fingerprint density at radius 2 is 1.55 bits per heavy atom. The van der Waals surface area contributed by atoms with Gasteiger partial charge in [-0.1, -0.05) is 18.2 Å². The molecule has 2 aromatic carbocycles. The van der Waals surface area contributed by atoms with E-state index in [1.54, 1.807) is 11.8 Å². The summed E-state index contributed by atoms with van der Waals surface area (Å²) in [7, 11) is 1.25. The van der Waals surface area contributed by atoms with Gasteiger partial charge in [-0.05, 0) is 50.2 Å². The first kappa shape index (κ1) is 16.4. The second-order valence-electron chi connectivity index (χ2n) is 5.49. The van der Waals surface area contributed by atoms with Crippen molar-refractivity contribution in [1.29, 1.82) is 0 Å². The van der Waals surface area contributed by atoms with Crippen LogP contribution in [0.25, 0.3) is 0 Å². The van der Waals surface area contributed by atoms with E-state index in [4.69, 9.17) is 9.47 Å². The maximum atomic E-state index is 12.9. The zero-order valence-corrected chi connectivity index (χ0v) is 14.4. The minimum absolute atomic E-state index is 0.717. The smallest absolute Gasteiger partial charge is 0.202 e. The quantitative estimate of drug-likeness (QED) is 0.739. The Labute approximate surface area is 132 Å². The number of benzene rings is 2. The third-order valence-electron chi connectivity index (χ3n) is 3.40. The van der Waals surface area contributed by atoms with Crippen LogP contribution in [0.15, 0.2) is 54.6 Å². The molecule has 0 aliphatic heterocycles. The number of anilines is 1. The summed E-state index contributed by atoms with van der Waals surface area (Å²) < 4.78 is 25.7. The van der Waals surface area contributed by atoms with Gasteiger partial charge in [0, 0.05) is 12.7 Å². The number of hydrogen-bond acceptors (Lipinski definition) is 3. The van der Waals surface area contributed by atoms with Gasteiger partial charge in [0.25, 0.3) is 0 Å². The molecule has 0 aliphatic rings. The molecule has 0 saturated heterocycles. The normalized spacial score (nSPS) is 12.5.